The molecule has 0 aromatic carbocycles. The van der Waals surface area contributed by atoms with E-state index < -0.39 is 17.7 Å². The predicted molar refractivity (Wildman–Crippen MR) is 91.9 cm³/mol. The Bertz CT molecular complexity index is 630. The lowest BCUT2D eigenvalue weighted by molar-refractivity contribution is -0.126. The molecule has 6 nitrogen and oxygen atoms in total. The third-order valence-electron chi connectivity index (χ3n) is 4.72. The van der Waals surface area contributed by atoms with Gasteiger partial charge in [-0.2, -0.15) is 0 Å². The van der Waals surface area contributed by atoms with E-state index in [0.29, 0.717) is 13.0 Å². The van der Waals surface area contributed by atoms with E-state index in [0.717, 1.165) is 5.71 Å². The Labute approximate surface area is 142 Å². The first-order valence-electron chi connectivity index (χ1n) is 8.43. The normalized spacial score (nSPS) is 31.2. The van der Waals surface area contributed by atoms with E-state index in [1.54, 1.807) is 7.05 Å². The van der Waals surface area contributed by atoms with Crippen LogP contribution in [0.5, 0.6) is 0 Å². The molecule has 1 saturated heterocycles. The van der Waals surface area contributed by atoms with Gasteiger partial charge < -0.3 is 10.1 Å². The van der Waals surface area contributed by atoms with Crippen LogP contribution in [0.25, 0.3) is 0 Å². The third-order valence-corrected chi connectivity index (χ3v) is 4.72. The Morgan fingerprint density at radius 3 is 2.67 bits per heavy atom. The summed E-state index contributed by atoms with van der Waals surface area (Å²) in [6.07, 6.45) is 8.41. The van der Waals surface area contributed by atoms with Gasteiger partial charge in [-0.15, -0.1) is 0 Å². The van der Waals surface area contributed by atoms with Crippen LogP contribution in [0, 0.1) is 11.8 Å². The number of hydrogen-bond donors (Lipinski definition) is 1. The summed E-state index contributed by atoms with van der Waals surface area (Å²) in [5.41, 5.74) is 0.394. The van der Waals surface area contributed by atoms with Gasteiger partial charge in [-0.25, -0.2) is 4.79 Å². The number of hydrogen-bond acceptors (Lipinski definition) is 4. The number of rotatable bonds is 1. The lowest BCUT2D eigenvalue weighted by Crippen LogP contribution is -2.57. The number of amides is 2. The number of piperidine rings is 1. The van der Waals surface area contributed by atoms with Gasteiger partial charge in [0.2, 0.25) is 5.91 Å². The van der Waals surface area contributed by atoms with Crippen molar-refractivity contribution in [1.29, 1.82) is 0 Å². The number of aliphatic imine (C=N–C) groups is 1. The monoisotopic (exact) mass is 331 g/mol. The Balaban J connectivity index is 1.85. The van der Waals surface area contributed by atoms with E-state index in [4.69, 9.17) is 9.73 Å². The molecule has 0 aromatic heterocycles. The quantitative estimate of drug-likeness (QED) is 0.798. The highest BCUT2D eigenvalue weighted by atomic mass is 16.6. The molecule has 3 aliphatic rings. The molecule has 2 aliphatic heterocycles. The number of nitrogens with zero attached hydrogens (tertiary/aromatic N) is 2. The maximum absolute atomic E-state index is 12.6. The molecule has 1 N–H and O–H groups in total. The fourth-order valence-corrected chi connectivity index (χ4v) is 3.65. The minimum absolute atomic E-state index is 0.124. The van der Waals surface area contributed by atoms with Crippen LogP contribution < -0.4 is 5.32 Å². The van der Waals surface area contributed by atoms with Crippen LogP contribution in [0.15, 0.2) is 29.3 Å². The van der Waals surface area contributed by atoms with Gasteiger partial charge in [0.15, 0.2) is 0 Å². The third kappa shape index (κ3) is 3.09. The van der Waals surface area contributed by atoms with Gasteiger partial charge in [0.05, 0.1) is 12.6 Å². The van der Waals surface area contributed by atoms with Crippen molar-refractivity contribution in [3.05, 3.63) is 24.3 Å². The van der Waals surface area contributed by atoms with Gasteiger partial charge in [0, 0.05) is 24.6 Å². The number of carbonyl (C=O) groups excluding carboxylic acids is 2. The van der Waals surface area contributed by atoms with Crippen LogP contribution in [0.1, 0.15) is 27.2 Å². The molecule has 0 radical (unpaired) electrons. The van der Waals surface area contributed by atoms with Crippen LogP contribution in [0.3, 0.4) is 0 Å². The highest BCUT2D eigenvalue weighted by Gasteiger charge is 2.47. The Kier molecular flexibility index (Phi) is 4.24. The average Bonchev–Trinajstić information content (AvgIpc) is 2.89. The highest BCUT2D eigenvalue weighted by molar-refractivity contribution is 5.97. The van der Waals surface area contributed by atoms with E-state index in [1.807, 2.05) is 32.9 Å². The largest absolute Gasteiger partial charge is 0.444 e. The standard InChI is InChI=1S/C18H25N3O3/c1-18(2,3)24-17(23)21-10-14-12(9-15(21)16(22)19-4)11-7-5-6-8-13(11)20-14/h5-8,11-13,15H,9-10H2,1-4H3,(H,19,22). The van der Waals surface area contributed by atoms with Gasteiger partial charge in [-0.3, -0.25) is 14.7 Å². The zero-order chi connectivity index (χ0) is 17.5. The van der Waals surface area contributed by atoms with Crippen LogP contribution in [-0.4, -0.2) is 53.9 Å². The molecule has 6 heteroatoms. The zero-order valence-electron chi connectivity index (χ0n) is 14.7. The van der Waals surface area contributed by atoms with Crippen molar-refractivity contribution in [2.45, 2.75) is 44.9 Å². The first-order chi connectivity index (χ1) is 11.3. The Morgan fingerprint density at radius 1 is 1.29 bits per heavy atom. The van der Waals surface area contributed by atoms with Crippen LogP contribution in [0.2, 0.25) is 0 Å². The summed E-state index contributed by atoms with van der Waals surface area (Å²) in [5, 5.41) is 2.67. The van der Waals surface area contributed by atoms with Crippen molar-refractivity contribution < 1.29 is 14.3 Å². The summed E-state index contributed by atoms with van der Waals surface area (Å²) in [6.45, 7) is 5.82. The molecule has 2 heterocycles. The maximum Gasteiger partial charge on any atom is 0.411 e. The molecular weight excluding hydrogens is 306 g/mol. The van der Waals surface area contributed by atoms with Crippen LogP contribution >= 0.6 is 0 Å². The second-order valence-electron chi connectivity index (χ2n) is 7.54. The Hall–Kier alpha value is -2.11. The van der Waals surface area contributed by atoms with Gasteiger partial charge in [-0.05, 0) is 27.2 Å². The molecule has 0 saturated carbocycles. The molecule has 0 bridgehead atoms. The van der Waals surface area contributed by atoms with E-state index in [1.165, 1.54) is 4.90 Å². The number of allylic oxidation sites excluding steroid dienone is 2. The van der Waals surface area contributed by atoms with Crippen LogP contribution in [-0.2, 0) is 9.53 Å². The highest BCUT2D eigenvalue weighted by Crippen LogP contribution is 2.38. The molecule has 0 aromatic rings. The lowest BCUT2D eigenvalue weighted by atomic mass is 9.78. The number of fused-ring (bicyclic) bond motifs is 3. The van der Waals surface area contributed by atoms with Crippen molar-refractivity contribution in [1.82, 2.24) is 10.2 Å². The second kappa shape index (κ2) is 6.07. The number of likely N-dealkylation sites (N-methyl/N-ethyl adjacent to an activating group) is 1. The zero-order valence-corrected chi connectivity index (χ0v) is 14.7. The van der Waals surface area contributed by atoms with E-state index in [9.17, 15) is 9.59 Å². The van der Waals surface area contributed by atoms with Gasteiger partial charge in [0.1, 0.15) is 11.6 Å². The first-order valence-corrected chi connectivity index (χ1v) is 8.43. The summed E-state index contributed by atoms with van der Waals surface area (Å²) in [7, 11) is 1.60. The lowest BCUT2D eigenvalue weighted by Gasteiger charge is -2.39. The summed E-state index contributed by atoms with van der Waals surface area (Å²) < 4.78 is 5.49. The topological polar surface area (TPSA) is 71.0 Å². The van der Waals surface area contributed by atoms with Crippen molar-refractivity contribution in [3.8, 4) is 0 Å². The molecule has 24 heavy (non-hydrogen) atoms. The van der Waals surface area contributed by atoms with Crippen LogP contribution in [0.4, 0.5) is 4.79 Å². The van der Waals surface area contributed by atoms with Gasteiger partial charge in [-0.1, -0.05) is 24.3 Å². The van der Waals surface area contributed by atoms with Gasteiger partial charge >= 0.3 is 6.09 Å². The fourth-order valence-electron chi connectivity index (χ4n) is 3.65. The molecule has 4 unspecified atom stereocenters. The van der Waals surface area contributed by atoms with E-state index in [2.05, 4.69) is 17.5 Å². The molecule has 1 aliphatic carbocycles. The fraction of sp³-hybridized carbons (Fsp3) is 0.611. The average molecular weight is 331 g/mol. The van der Waals surface area contributed by atoms with E-state index >= 15 is 0 Å². The van der Waals surface area contributed by atoms with Crippen molar-refractivity contribution in [2.24, 2.45) is 16.8 Å². The SMILES string of the molecule is CNC(=O)C1CC2C(=NC3C=CC=CC32)CN1C(=O)OC(C)(C)C. The number of ether oxygens (including phenoxy) is 1. The molecule has 0 spiro atoms. The summed E-state index contributed by atoms with van der Waals surface area (Å²) in [4.78, 5) is 31.2. The smallest absolute Gasteiger partial charge is 0.411 e. The Morgan fingerprint density at radius 2 is 2.00 bits per heavy atom. The summed E-state index contributed by atoms with van der Waals surface area (Å²) in [6, 6.07) is -0.397. The second-order valence-corrected chi connectivity index (χ2v) is 7.54. The number of carbonyl (C=O) groups is 2. The van der Waals surface area contributed by atoms with Gasteiger partial charge in [0.25, 0.3) is 0 Å². The summed E-state index contributed by atoms with van der Waals surface area (Å²) in [5.74, 6) is 0.341. The molecular formula is C18H25N3O3. The minimum atomic E-state index is -0.599. The predicted octanol–water partition coefficient (Wildman–Crippen LogP) is 1.92. The van der Waals surface area contributed by atoms with E-state index in [-0.39, 0.29) is 23.8 Å². The number of likely N-dealkylation sites (tertiary alicyclic amines) is 1. The first kappa shape index (κ1) is 16.7. The summed E-state index contributed by atoms with van der Waals surface area (Å²) >= 11 is 0. The molecule has 130 valence electrons. The minimum Gasteiger partial charge on any atom is -0.444 e. The van der Waals surface area contributed by atoms with Crippen molar-refractivity contribution >= 4 is 17.7 Å². The molecule has 3 rings (SSSR count). The maximum atomic E-state index is 12.6. The van der Waals surface area contributed by atoms with Crippen molar-refractivity contribution in [3.63, 3.8) is 0 Å². The molecule has 4 atom stereocenters. The van der Waals surface area contributed by atoms with Crippen molar-refractivity contribution in [2.75, 3.05) is 13.6 Å². The molecule has 1 fully saturated rings. The number of nitrogens with one attached hydrogen (secondary N) is 1. The molecule has 2 amide bonds.